The number of hydrogen-bond donors (Lipinski definition) is 2. The molecule has 1 aliphatic heterocycles. The Morgan fingerprint density at radius 3 is 2.96 bits per heavy atom. The Balaban J connectivity index is 1.40. The zero-order chi connectivity index (χ0) is 19.3. The molecule has 8 heteroatoms. The second-order valence-corrected chi connectivity index (χ2v) is 7.39. The zero-order valence-electron chi connectivity index (χ0n) is 15.8. The molecule has 5 rings (SSSR count). The van der Waals surface area contributed by atoms with Crippen molar-refractivity contribution in [2.75, 3.05) is 18.9 Å². The van der Waals surface area contributed by atoms with Crippen molar-refractivity contribution in [3.8, 4) is 0 Å². The number of carbonyl (C=O) groups is 1. The van der Waals surface area contributed by atoms with Crippen molar-refractivity contribution >= 4 is 33.7 Å². The Bertz CT molecular complexity index is 1190. The number of nitrogens with one attached hydrogen (secondary N) is 2. The predicted molar refractivity (Wildman–Crippen MR) is 107 cm³/mol. The van der Waals surface area contributed by atoms with Crippen LogP contribution in [0.15, 0.2) is 36.5 Å². The highest BCUT2D eigenvalue weighted by molar-refractivity contribution is 6.06. The minimum atomic E-state index is -0.211. The van der Waals surface area contributed by atoms with Crippen molar-refractivity contribution in [3.63, 3.8) is 0 Å². The number of benzene rings is 1. The van der Waals surface area contributed by atoms with Crippen LogP contribution < -0.4 is 5.32 Å². The van der Waals surface area contributed by atoms with Gasteiger partial charge < -0.3 is 10.3 Å². The number of anilines is 1. The van der Waals surface area contributed by atoms with Gasteiger partial charge in [0.2, 0.25) is 0 Å². The molecular weight excluding hydrogens is 354 g/mol. The van der Waals surface area contributed by atoms with Gasteiger partial charge in [0.15, 0.2) is 0 Å². The van der Waals surface area contributed by atoms with E-state index in [0.717, 1.165) is 34.9 Å². The zero-order valence-corrected chi connectivity index (χ0v) is 15.8. The van der Waals surface area contributed by atoms with E-state index in [4.69, 9.17) is 0 Å². The number of aromatic nitrogens is 5. The topological polar surface area (TPSA) is 91.7 Å². The maximum Gasteiger partial charge on any atom is 0.256 e. The fourth-order valence-electron chi connectivity index (χ4n) is 3.96. The van der Waals surface area contributed by atoms with Gasteiger partial charge in [0.25, 0.3) is 5.91 Å². The Morgan fingerprint density at radius 1 is 1.25 bits per heavy atom. The van der Waals surface area contributed by atoms with Crippen LogP contribution in [0.25, 0.3) is 21.9 Å². The third kappa shape index (κ3) is 2.82. The fraction of sp³-hybridized carbons (Fsp3) is 0.300. The smallest absolute Gasteiger partial charge is 0.256 e. The molecule has 0 spiro atoms. The molecule has 4 aromatic rings. The lowest BCUT2D eigenvalue weighted by atomic mass is 10.1. The molecule has 8 nitrogen and oxygen atoms in total. The first-order valence-electron chi connectivity index (χ1n) is 9.38. The highest BCUT2D eigenvalue weighted by Gasteiger charge is 2.24. The number of fused-ring (bicyclic) bond motifs is 2. The molecule has 0 radical (unpaired) electrons. The third-order valence-corrected chi connectivity index (χ3v) is 5.52. The molecule has 1 atom stereocenters. The molecule has 0 saturated carbocycles. The van der Waals surface area contributed by atoms with E-state index in [9.17, 15) is 4.79 Å². The van der Waals surface area contributed by atoms with Gasteiger partial charge in [-0.15, -0.1) is 5.10 Å². The Hall–Kier alpha value is -3.26. The SMILES string of the molecule is CN1CCC[C@@H]1c1cc2cnc(NC(=O)c3ccc4nnn(C)c4c3)cc2[nH]1. The van der Waals surface area contributed by atoms with Gasteiger partial charge >= 0.3 is 0 Å². The van der Waals surface area contributed by atoms with Crippen molar-refractivity contribution in [1.29, 1.82) is 0 Å². The Labute approximate surface area is 161 Å². The van der Waals surface area contributed by atoms with Crippen LogP contribution in [0.3, 0.4) is 0 Å². The molecule has 142 valence electrons. The highest BCUT2D eigenvalue weighted by Crippen LogP contribution is 2.32. The molecular formula is C20H21N7O. The van der Waals surface area contributed by atoms with Crippen molar-refractivity contribution in [1.82, 2.24) is 29.9 Å². The van der Waals surface area contributed by atoms with E-state index in [-0.39, 0.29) is 5.91 Å². The largest absolute Gasteiger partial charge is 0.357 e. The van der Waals surface area contributed by atoms with Crippen LogP contribution >= 0.6 is 0 Å². The standard InChI is InChI=1S/C20H21N7O/c1-26-7-3-4-17(26)16-8-13-11-21-19(10-15(13)22-16)23-20(28)12-5-6-14-18(9-12)27(2)25-24-14/h5-6,8-11,17,22H,3-4,7H2,1-2H3,(H,21,23,28)/t17-/m1/s1. The van der Waals surface area contributed by atoms with Crippen LogP contribution in [0.5, 0.6) is 0 Å². The molecule has 2 N–H and O–H groups in total. The number of hydrogen-bond acceptors (Lipinski definition) is 5. The van der Waals surface area contributed by atoms with E-state index in [1.54, 1.807) is 36.1 Å². The molecule has 1 aliphatic rings. The first-order valence-corrected chi connectivity index (χ1v) is 9.38. The first-order chi connectivity index (χ1) is 13.6. The summed E-state index contributed by atoms with van der Waals surface area (Å²) in [4.78, 5) is 22.9. The molecule has 28 heavy (non-hydrogen) atoms. The normalized spacial score (nSPS) is 17.6. The summed E-state index contributed by atoms with van der Waals surface area (Å²) >= 11 is 0. The van der Waals surface area contributed by atoms with E-state index < -0.39 is 0 Å². The number of nitrogens with zero attached hydrogens (tertiary/aromatic N) is 5. The number of amides is 1. The number of likely N-dealkylation sites (tertiary alicyclic amines) is 1. The van der Waals surface area contributed by atoms with Gasteiger partial charge in [-0.05, 0) is 50.7 Å². The second-order valence-electron chi connectivity index (χ2n) is 7.39. The van der Waals surface area contributed by atoms with Gasteiger partial charge in [0, 0.05) is 42.0 Å². The van der Waals surface area contributed by atoms with E-state index in [1.807, 2.05) is 6.07 Å². The molecule has 1 amide bonds. The summed E-state index contributed by atoms with van der Waals surface area (Å²) in [6, 6.07) is 9.78. The van der Waals surface area contributed by atoms with Crippen LogP contribution in [0.1, 0.15) is 34.9 Å². The average molecular weight is 375 g/mol. The number of pyridine rings is 1. The summed E-state index contributed by atoms with van der Waals surface area (Å²) < 4.78 is 1.65. The Kier molecular flexibility index (Phi) is 3.87. The van der Waals surface area contributed by atoms with Crippen molar-refractivity contribution in [2.45, 2.75) is 18.9 Å². The molecule has 4 heterocycles. The number of rotatable bonds is 3. The summed E-state index contributed by atoms with van der Waals surface area (Å²) in [6.07, 6.45) is 4.17. The maximum atomic E-state index is 12.7. The maximum absolute atomic E-state index is 12.7. The van der Waals surface area contributed by atoms with Crippen LogP contribution in [0.4, 0.5) is 5.82 Å². The van der Waals surface area contributed by atoms with Crippen molar-refractivity contribution in [2.24, 2.45) is 7.05 Å². The Morgan fingerprint density at radius 2 is 2.14 bits per heavy atom. The van der Waals surface area contributed by atoms with Crippen LogP contribution in [0, 0.1) is 0 Å². The van der Waals surface area contributed by atoms with Gasteiger partial charge in [-0.3, -0.25) is 9.69 Å². The number of aryl methyl sites for hydroxylation is 1. The minimum absolute atomic E-state index is 0.211. The van der Waals surface area contributed by atoms with Crippen LogP contribution in [0.2, 0.25) is 0 Å². The van der Waals surface area contributed by atoms with Crippen molar-refractivity contribution in [3.05, 3.63) is 47.8 Å². The molecule has 1 saturated heterocycles. The van der Waals surface area contributed by atoms with Gasteiger partial charge in [0.1, 0.15) is 11.3 Å². The summed E-state index contributed by atoms with van der Waals surface area (Å²) in [5.74, 6) is 0.311. The molecule has 0 unspecified atom stereocenters. The van der Waals surface area contributed by atoms with E-state index in [1.165, 1.54) is 12.1 Å². The monoisotopic (exact) mass is 375 g/mol. The van der Waals surface area contributed by atoms with Crippen LogP contribution in [-0.4, -0.2) is 49.4 Å². The first kappa shape index (κ1) is 16.9. The summed E-state index contributed by atoms with van der Waals surface area (Å²) in [6.45, 7) is 1.12. The predicted octanol–water partition coefficient (Wildman–Crippen LogP) is 2.86. The number of H-pyrrole nitrogens is 1. The lowest BCUT2D eigenvalue weighted by Crippen LogP contribution is -2.17. The van der Waals surface area contributed by atoms with Gasteiger partial charge in [-0.25, -0.2) is 9.67 Å². The van der Waals surface area contributed by atoms with E-state index >= 15 is 0 Å². The molecule has 0 bridgehead atoms. The summed E-state index contributed by atoms with van der Waals surface area (Å²) in [5.41, 5.74) is 4.29. The third-order valence-electron chi connectivity index (χ3n) is 5.52. The number of aromatic amines is 1. The number of carbonyl (C=O) groups excluding carboxylic acids is 1. The molecule has 1 aromatic carbocycles. The molecule has 1 fully saturated rings. The summed E-state index contributed by atoms with van der Waals surface area (Å²) in [7, 11) is 3.96. The van der Waals surface area contributed by atoms with E-state index in [0.29, 0.717) is 17.4 Å². The second kappa shape index (κ2) is 6.42. The molecule has 3 aromatic heterocycles. The minimum Gasteiger partial charge on any atom is -0.357 e. The van der Waals surface area contributed by atoms with Gasteiger partial charge in [-0.2, -0.15) is 0 Å². The average Bonchev–Trinajstić information content (AvgIpc) is 3.39. The lowest BCUT2D eigenvalue weighted by molar-refractivity contribution is 0.102. The van der Waals surface area contributed by atoms with Crippen molar-refractivity contribution < 1.29 is 4.79 Å². The fourth-order valence-corrected chi connectivity index (χ4v) is 3.96. The molecule has 0 aliphatic carbocycles. The van der Waals surface area contributed by atoms with E-state index in [2.05, 4.69) is 43.6 Å². The van der Waals surface area contributed by atoms with Gasteiger partial charge in [0.05, 0.1) is 11.0 Å². The quantitative estimate of drug-likeness (QED) is 0.574. The van der Waals surface area contributed by atoms with Gasteiger partial charge in [-0.1, -0.05) is 5.21 Å². The lowest BCUT2D eigenvalue weighted by Gasteiger charge is -2.17. The summed E-state index contributed by atoms with van der Waals surface area (Å²) in [5, 5.41) is 11.9. The van der Waals surface area contributed by atoms with Crippen LogP contribution in [-0.2, 0) is 7.05 Å². The highest BCUT2D eigenvalue weighted by atomic mass is 16.1.